The lowest BCUT2D eigenvalue weighted by Gasteiger charge is -2.24. The van der Waals surface area contributed by atoms with E-state index >= 15 is 0 Å². The molecule has 1 fully saturated rings. The monoisotopic (exact) mass is 314 g/mol. The zero-order valence-corrected chi connectivity index (χ0v) is 13.0. The molecule has 4 heterocycles. The molecule has 2 aromatic heterocycles. The van der Waals surface area contributed by atoms with Gasteiger partial charge < -0.3 is 10.6 Å². The molecule has 0 bridgehead atoms. The van der Waals surface area contributed by atoms with E-state index < -0.39 is 0 Å². The maximum Gasteiger partial charge on any atom is 0.258 e. The van der Waals surface area contributed by atoms with E-state index in [-0.39, 0.29) is 5.91 Å². The molecule has 22 heavy (non-hydrogen) atoms. The maximum absolute atomic E-state index is 12.4. The second-order valence-corrected chi connectivity index (χ2v) is 6.77. The molecule has 0 saturated carbocycles. The largest absolute Gasteiger partial charge is 0.350 e. The summed E-state index contributed by atoms with van der Waals surface area (Å²) in [5.74, 6) is 0.00169. The molecule has 0 radical (unpaired) electrons. The Balaban J connectivity index is 1.49. The molecular formula is C16H18N4OS. The van der Waals surface area contributed by atoms with Crippen LogP contribution in [0.5, 0.6) is 0 Å². The van der Waals surface area contributed by atoms with Crippen molar-refractivity contribution in [3.8, 4) is 0 Å². The van der Waals surface area contributed by atoms with E-state index in [4.69, 9.17) is 0 Å². The topological polar surface area (TPSA) is 58.4 Å². The molecule has 1 amide bonds. The van der Waals surface area contributed by atoms with Crippen LogP contribution >= 0.6 is 11.8 Å². The zero-order chi connectivity index (χ0) is 14.9. The average Bonchev–Trinajstić information content (AvgIpc) is 2.98. The van der Waals surface area contributed by atoms with Crippen LogP contribution in [-0.4, -0.2) is 34.4 Å². The van der Waals surface area contributed by atoms with Gasteiger partial charge in [0.1, 0.15) is 5.65 Å². The molecule has 114 valence electrons. The summed E-state index contributed by atoms with van der Waals surface area (Å²) < 4.78 is 2.07. The molecule has 1 saturated heterocycles. The summed E-state index contributed by atoms with van der Waals surface area (Å²) in [6.45, 7) is 1.75. The third-order valence-electron chi connectivity index (χ3n) is 4.16. The first-order valence-electron chi connectivity index (χ1n) is 7.69. The Bertz CT molecular complexity index is 746. The number of hydrogen-bond donors (Lipinski definition) is 2. The standard InChI is InChI=1S/C16H18N4OS/c21-16(19-9-11-4-1-2-7-17-11)13-8-12-10-18-14-5-3-6-15(22-13)20(12)14/h3,5-6,8,10-11,17H,1-2,4,7,9H2,(H,19,21). The fourth-order valence-electron chi connectivity index (χ4n) is 3.00. The van der Waals surface area contributed by atoms with E-state index in [1.54, 1.807) is 0 Å². The van der Waals surface area contributed by atoms with Gasteiger partial charge in [-0.05, 0) is 37.6 Å². The van der Waals surface area contributed by atoms with Crippen molar-refractivity contribution >= 4 is 29.4 Å². The quantitative estimate of drug-likeness (QED) is 0.910. The van der Waals surface area contributed by atoms with E-state index in [1.165, 1.54) is 24.6 Å². The molecule has 2 aliphatic heterocycles. The number of nitrogens with one attached hydrogen (secondary N) is 2. The first-order chi connectivity index (χ1) is 10.8. The Morgan fingerprint density at radius 3 is 3.27 bits per heavy atom. The van der Waals surface area contributed by atoms with Gasteiger partial charge in [-0.15, -0.1) is 0 Å². The molecule has 0 aromatic carbocycles. The summed E-state index contributed by atoms with van der Waals surface area (Å²) in [4.78, 5) is 17.5. The number of amides is 1. The van der Waals surface area contributed by atoms with Crippen LogP contribution < -0.4 is 10.6 Å². The highest BCUT2D eigenvalue weighted by molar-refractivity contribution is 8.04. The van der Waals surface area contributed by atoms with Crippen molar-refractivity contribution in [2.45, 2.75) is 30.3 Å². The van der Waals surface area contributed by atoms with Gasteiger partial charge in [-0.3, -0.25) is 9.20 Å². The Labute approximate surface area is 133 Å². The van der Waals surface area contributed by atoms with Crippen molar-refractivity contribution in [2.24, 2.45) is 0 Å². The molecule has 4 rings (SSSR count). The van der Waals surface area contributed by atoms with E-state index in [2.05, 4.69) is 20.0 Å². The number of hydrogen-bond acceptors (Lipinski definition) is 4. The van der Waals surface area contributed by atoms with E-state index in [1.807, 2.05) is 30.5 Å². The van der Waals surface area contributed by atoms with Crippen LogP contribution in [0.2, 0.25) is 0 Å². The SMILES string of the molecule is O=C(NCC1CCCCN1)C1=Cc2cnc3cccc(n23)S1. The van der Waals surface area contributed by atoms with Gasteiger partial charge in [-0.1, -0.05) is 24.2 Å². The minimum absolute atomic E-state index is 0.00169. The van der Waals surface area contributed by atoms with Crippen molar-refractivity contribution in [3.05, 3.63) is 35.0 Å². The van der Waals surface area contributed by atoms with Gasteiger partial charge in [-0.2, -0.15) is 0 Å². The molecule has 6 heteroatoms. The Kier molecular flexibility index (Phi) is 3.63. The molecule has 5 nitrogen and oxygen atoms in total. The molecule has 2 N–H and O–H groups in total. The molecule has 1 unspecified atom stereocenters. The number of imidazole rings is 1. The third-order valence-corrected chi connectivity index (χ3v) is 5.21. The lowest BCUT2D eigenvalue weighted by Crippen LogP contribution is -2.43. The van der Waals surface area contributed by atoms with E-state index in [0.29, 0.717) is 12.6 Å². The molecule has 2 aromatic rings. The van der Waals surface area contributed by atoms with Crippen LogP contribution in [0.3, 0.4) is 0 Å². The van der Waals surface area contributed by atoms with Gasteiger partial charge in [-0.25, -0.2) is 4.98 Å². The second-order valence-electron chi connectivity index (χ2n) is 5.71. The predicted molar refractivity (Wildman–Crippen MR) is 87.7 cm³/mol. The summed E-state index contributed by atoms with van der Waals surface area (Å²) in [6, 6.07) is 6.37. The van der Waals surface area contributed by atoms with Crippen LogP contribution in [0.15, 0.2) is 34.3 Å². The van der Waals surface area contributed by atoms with Crippen molar-refractivity contribution in [1.29, 1.82) is 0 Å². The first-order valence-corrected chi connectivity index (χ1v) is 8.50. The summed E-state index contributed by atoms with van der Waals surface area (Å²) >= 11 is 1.50. The zero-order valence-electron chi connectivity index (χ0n) is 12.2. The summed E-state index contributed by atoms with van der Waals surface area (Å²) in [6.07, 6.45) is 7.35. The normalized spacial score (nSPS) is 20.7. The third kappa shape index (κ3) is 2.53. The van der Waals surface area contributed by atoms with Crippen LogP contribution in [0.1, 0.15) is 25.0 Å². The van der Waals surface area contributed by atoms with Gasteiger partial charge in [0.05, 0.1) is 21.8 Å². The molecule has 2 aliphatic rings. The Hall–Kier alpha value is -1.79. The lowest BCUT2D eigenvalue weighted by molar-refractivity contribution is -0.116. The minimum Gasteiger partial charge on any atom is -0.350 e. The summed E-state index contributed by atoms with van der Waals surface area (Å²) in [5.41, 5.74) is 1.88. The van der Waals surface area contributed by atoms with Crippen LogP contribution in [0.4, 0.5) is 0 Å². The smallest absolute Gasteiger partial charge is 0.258 e. The maximum atomic E-state index is 12.4. The molecule has 1 atom stereocenters. The van der Waals surface area contributed by atoms with Gasteiger partial charge in [0.15, 0.2) is 0 Å². The highest BCUT2D eigenvalue weighted by atomic mass is 32.2. The minimum atomic E-state index is 0.00169. The summed E-state index contributed by atoms with van der Waals surface area (Å²) in [5, 5.41) is 7.54. The van der Waals surface area contributed by atoms with Crippen molar-refractivity contribution in [3.63, 3.8) is 0 Å². The molecule has 0 spiro atoms. The number of piperidine rings is 1. The van der Waals surface area contributed by atoms with Crippen LogP contribution in [0, 0.1) is 0 Å². The van der Waals surface area contributed by atoms with Gasteiger partial charge in [0.25, 0.3) is 5.91 Å². The highest BCUT2D eigenvalue weighted by Crippen LogP contribution is 2.34. The Morgan fingerprint density at radius 2 is 2.41 bits per heavy atom. The van der Waals surface area contributed by atoms with Crippen LogP contribution in [0.25, 0.3) is 11.7 Å². The molecule has 0 aliphatic carbocycles. The Morgan fingerprint density at radius 1 is 1.45 bits per heavy atom. The fraction of sp³-hybridized carbons (Fsp3) is 0.375. The van der Waals surface area contributed by atoms with Crippen molar-refractivity contribution in [2.75, 3.05) is 13.1 Å². The van der Waals surface area contributed by atoms with E-state index in [9.17, 15) is 4.79 Å². The number of aromatic nitrogens is 2. The number of carbonyl (C=O) groups is 1. The van der Waals surface area contributed by atoms with Gasteiger partial charge >= 0.3 is 0 Å². The second kappa shape index (κ2) is 5.78. The predicted octanol–water partition coefficient (Wildman–Crippen LogP) is 2.04. The number of thioether (sulfide) groups is 1. The lowest BCUT2D eigenvalue weighted by atomic mass is 10.1. The van der Waals surface area contributed by atoms with Crippen molar-refractivity contribution in [1.82, 2.24) is 20.0 Å². The number of nitrogens with zero attached hydrogens (tertiary/aromatic N) is 2. The number of rotatable bonds is 3. The fourth-order valence-corrected chi connectivity index (χ4v) is 4.01. The molecular weight excluding hydrogens is 296 g/mol. The van der Waals surface area contributed by atoms with Crippen LogP contribution in [-0.2, 0) is 4.79 Å². The van der Waals surface area contributed by atoms with Crippen molar-refractivity contribution < 1.29 is 4.79 Å². The summed E-state index contributed by atoms with van der Waals surface area (Å²) in [7, 11) is 0. The number of carbonyl (C=O) groups excluding carboxylic acids is 1. The van der Waals surface area contributed by atoms with E-state index in [0.717, 1.165) is 34.2 Å². The van der Waals surface area contributed by atoms with Gasteiger partial charge in [0.2, 0.25) is 0 Å². The first kappa shape index (κ1) is 13.8. The highest BCUT2D eigenvalue weighted by Gasteiger charge is 2.21. The average molecular weight is 314 g/mol. The number of pyridine rings is 1. The van der Waals surface area contributed by atoms with Gasteiger partial charge in [0, 0.05) is 12.6 Å².